The summed E-state index contributed by atoms with van der Waals surface area (Å²) in [5.74, 6) is 0.0188. The Bertz CT molecular complexity index is 380. The number of halogens is 1. The second-order valence-electron chi connectivity index (χ2n) is 3.59. The van der Waals surface area contributed by atoms with Crippen molar-refractivity contribution in [3.05, 3.63) is 33.6 Å². The molecule has 5 heteroatoms. The first-order valence-electron chi connectivity index (χ1n) is 4.69. The predicted octanol–water partition coefficient (Wildman–Crippen LogP) is 3.19. The predicted molar refractivity (Wildman–Crippen MR) is 62.4 cm³/mol. The zero-order valence-electron chi connectivity index (χ0n) is 8.90. The molecule has 0 aliphatic heterocycles. The lowest BCUT2D eigenvalue weighted by Gasteiger charge is -2.14. The summed E-state index contributed by atoms with van der Waals surface area (Å²) in [5, 5.41) is 10.9. The van der Waals surface area contributed by atoms with Crippen molar-refractivity contribution >= 4 is 21.6 Å². The average molecular weight is 273 g/mol. The third-order valence-corrected chi connectivity index (χ3v) is 3.25. The van der Waals surface area contributed by atoms with Crippen LogP contribution < -0.4 is 0 Å². The molecular formula is C10H13BrN2O2. The number of alkyl halides is 1. The van der Waals surface area contributed by atoms with E-state index in [1.54, 1.807) is 19.2 Å². The van der Waals surface area contributed by atoms with Gasteiger partial charge in [-0.1, -0.05) is 29.8 Å². The minimum absolute atomic E-state index is 0.0188. The molecule has 1 aromatic rings. The van der Waals surface area contributed by atoms with Crippen molar-refractivity contribution < 1.29 is 4.92 Å². The van der Waals surface area contributed by atoms with Gasteiger partial charge in [0.25, 0.3) is 5.69 Å². The minimum atomic E-state index is -0.358. The Labute approximate surface area is 97.0 Å². The molecule has 0 amide bonds. The van der Waals surface area contributed by atoms with Crippen LogP contribution in [0.15, 0.2) is 12.3 Å². The molecule has 0 N–H and O–H groups in total. The molecule has 0 radical (unpaired) electrons. The third kappa shape index (κ3) is 2.53. The fourth-order valence-electron chi connectivity index (χ4n) is 1.36. The van der Waals surface area contributed by atoms with Crippen molar-refractivity contribution in [1.82, 2.24) is 4.98 Å². The maximum atomic E-state index is 10.9. The largest absolute Gasteiger partial charge is 0.293 e. The van der Waals surface area contributed by atoms with E-state index in [0.717, 1.165) is 0 Å². The van der Waals surface area contributed by atoms with Gasteiger partial charge in [0, 0.05) is 22.5 Å². The van der Waals surface area contributed by atoms with Gasteiger partial charge in [-0.2, -0.15) is 0 Å². The average Bonchev–Trinajstić information content (AvgIpc) is 2.15. The fraction of sp³-hybridized carbons (Fsp3) is 0.500. The number of rotatable bonds is 3. The van der Waals surface area contributed by atoms with E-state index in [1.807, 2.05) is 13.8 Å². The van der Waals surface area contributed by atoms with Crippen LogP contribution >= 0.6 is 15.9 Å². The van der Waals surface area contributed by atoms with Crippen molar-refractivity contribution in [1.29, 1.82) is 0 Å². The summed E-state index contributed by atoms with van der Waals surface area (Å²) in [6, 6.07) is 1.66. The summed E-state index contributed by atoms with van der Waals surface area (Å²) in [4.78, 5) is 14.8. The molecule has 15 heavy (non-hydrogen) atoms. The van der Waals surface area contributed by atoms with Crippen LogP contribution in [0.1, 0.15) is 31.0 Å². The van der Waals surface area contributed by atoms with Crippen LogP contribution in [0.25, 0.3) is 0 Å². The highest BCUT2D eigenvalue weighted by Crippen LogP contribution is 2.31. The molecule has 0 spiro atoms. The van der Waals surface area contributed by atoms with E-state index < -0.39 is 0 Å². The molecule has 4 nitrogen and oxygen atoms in total. The molecular weight excluding hydrogens is 260 g/mol. The van der Waals surface area contributed by atoms with Crippen LogP contribution in [0.5, 0.6) is 0 Å². The van der Waals surface area contributed by atoms with Crippen molar-refractivity contribution in [3.63, 3.8) is 0 Å². The summed E-state index contributed by atoms with van der Waals surface area (Å²) in [6.07, 6.45) is 1.61. The molecule has 2 atom stereocenters. The monoisotopic (exact) mass is 272 g/mol. The summed E-state index contributed by atoms with van der Waals surface area (Å²) in [7, 11) is 0. The van der Waals surface area contributed by atoms with Crippen LogP contribution in [0, 0.1) is 17.0 Å². The molecule has 0 fully saturated rings. The molecule has 0 saturated carbocycles. The second-order valence-corrected chi connectivity index (χ2v) is 5.03. The molecule has 0 aliphatic rings. The molecule has 1 aromatic heterocycles. The Morgan fingerprint density at radius 3 is 2.60 bits per heavy atom. The van der Waals surface area contributed by atoms with Crippen LogP contribution in [0.3, 0.4) is 0 Å². The van der Waals surface area contributed by atoms with Crippen LogP contribution in [0.4, 0.5) is 5.69 Å². The van der Waals surface area contributed by atoms with Gasteiger partial charge in [0.15, 0.2) is 0 Å². The highest BCUT2D eigenvalue weighted by Gasteiger charge is 2.25. The van der Waals surface area contributed by atoms with Crippen LogP contribution in [0.2, 0.25) is 0 Å². The zero-order chi connectivity index (χ0) is 11.6. The van der Waals surface area contributed by atoms with Crippen molar-refractivity contribution in [2.75, 3.05) is 0 Å². The maximum absolute atomic E-state index is 10.9. The van der Waals surface area contributed by atoms with Crippen molar-refractivity contribution in [3.8, 4) is 0 Å². The first-order valence-corrected chi connectivity index (χ1v) is 5.60. The van der Waals surface area contributed by atoms with E-state index in [1.165, 1.54) is 0 Å². The lowest BCUT2D eigenvalue weighted by Crippen LogP contribution is -2.10. The first kappa shape index (κ1) is 12.1. The Morgan fingerprint density at radius 2 is 2.13 bits per heavy atom. The summed E-state index contributed by atoms with van der Waals surface area (Å²) < 4.78 is 0. The lowest BCUT2D eigenvalue weighted by atomic mass is 10.0. The van der Waals surface area contributed by atoms with Gasteiger partial charge in [-0.25, -0.2) is 0 Å². The molecule has 2 unspecified atom stereocenters. The number of nitro groups is 1. The number of aromatic nitrogens is 1. The quantitative estimate of drug-likeness (QED) is 0.482. The molecule has 0 aliphatic carbocycles. The molecule has 1 heterocycles. The number of hydrogen-bond donors (Lipinski definition) is 0. The number of aryl methyl sites for hydroxylation is 1. The topological polar surface area (TPSA) is 56.0 Å². The highest BCUT2D eigenvalue weighted by molar-refractivity contribution is 9.09. The second kappa shape index (κ2) is 4.70. The highest BCUT2D eigenvalue weighted by atomic mass is 79.9. The van der Waals surface area contributed by atoms with Crippen molar-refractivity contribution in [2.24, 2.45) is 0 Å². The van der Waals surface area contributed by atoms with Crippen LogP contribution in [-0.2, 0) is 0 Å². The van der Waals surface area contributed by atoms with Crippen LogP contribution in [-0.4, -0.2) is 14.7 Å². The smallest absolute Gasteiger partial charge is 0.258 e. The Kier molecular flexibility index (Phi) is 3.79. The van der Waals surface area contributed by atoms with Gasteiger partial charge in [-0.15, -0.1) is 0 Å². The molecule has 0 bridgehead atoms. The molecule has 0 aromatic carbocycles. The fourth-order valence-corrected chi connectivity index (χ4v) is 1.61. The lowest BCUT2D eigenvalue weighted by molar-refractivity contribution is -0.386. The van der Waals surface area contributed by atoms with Gasteiger partial charge in [0.1, 0.15) is 5.69 Å². The SMILES string of the molecule is Cc1ccnc(C(C)C(C)Br)c1[N+](=O)[O-]. The first-order chi connectivity index (χ1) is 6.95. The van der Waals surface area contributed by atoms with E-state index in [0.29, 0.717) is 11.3 Å². The Hall–Kier alpha value is -0.970. The van der Waals surface area contributed by atoms with Gasteiger partial charge in [0.05, 0.1) is 4.92 Å². The summed E-state index contributed by atoms with van der Waals surface area (Å²) >= 11 is 3.42. The summed E-state index contributed by atoms with van der Waals surface area (Å²) in [5.41, 5.74) is 1.34. The van der Waals surface area contributed by atoms with Gasteiger partial charge in [0.2, 0.25) is 0 Å². The van der Waals surface area contributed by atoms with E-state index in [-0.39, 0.29) is 21.4 Å². The van der Waals surface area contributed by atoms with E-state index in [2.05, 4.69) is 20.9 Å². The van der Waals surface area contributed by atoms with Gasteiger partial charge in [-0.3, -0.25) is 15.1 Å². The van der Waals surface area contributed by atoms with Gasteiger partial charge < -0.3 is 0 Å². The Morgan fingerprint density at radius 1 is 1.53 bits per heavy atom. The number of hydrogen-bond acceptors (Lipinski definition) is 3. The molecule has 1 rings (SSSR count). The normalized spacial score (nSPS) is 14.7. The zero-order valence-corrected chi connectivity index (χ0v) is 10.5. The standard InChI is InChI=1S/C10H13BrN2O2/c1-6-4-5-12-9(7(2)8(3)11)10(6)13(14)15/h4-5,7-8H,1-3H3. The molecule has 0 saturated heterocycles. The Balaban J connectivity index is 3.29. The maximum Gasteiger partial charge on any atom is 0.293 e. The van der Waals surface area contributed by atoms with E-state index >= 15 is 0 Å². The number of nitrogens with zero attached hydrogens (tertiary/aromatic N) is 2. The minimum Gasteiger partial charge on any atom is -0.258 e. The van der Waals surface area contributed by atoms with Gasteiger partial charge >= 0.3 is 0 Å². The third-order valence-electron chi connectivity index (χ3n) is 2.46. The number of pyridine rings is 1. The van der Waals surface area contributed by atoms with E-state index in [9.17, 15) is 10.1 Å². The van der Waals surface area contributed by atoms with E-state index in [4.69, 9.17) is 0 Å². The van der Waals surface area contributed by atoms with Gasteiger partial charge in [-0.05, 0) is 13.0 Å². The summed E-state index contributed by atoms with van der Waals surface area (Å²) in [6.45, 7) is 5.61. The van der Waals surface area contributed by atoms with Crippen molar-refractivity contribution in [2.45, 2.75) is 31.5 Å². The molecule has 82 valence electrons.